The van der Waals surface area contributed by atoms with E-state index in [1.165, 1.54) is 6.07 Å². The topological polar surface area (TPSA) is 48.4 Å². The standard InChI is InChI=1S/C17H14FNO2/c18-12-6-3-5-11-9-15(21-17(11)12)16(19)14-8-10-4-1-2-7-13(10)20-14/h1-7,9,14,16H,8,19H2. The van der Waals surface area contributed by atoms with Crippen molar-refractivity contribution in [3.05, 3.63) is 65.7 Å². The second-order valence-electron chi connectivity index (χ2n) is 5.30. The summed E-state index contributed by atoms with van der Waals surface area (Å²) < 4.78 is 25.2. The van der Waals surface area contributed by atoms with Gasteiger partial charge in [0.15, 0.2) is 11.4 Å². The van der Waals surface area contributed by atoms with Gasteiger partial charge in [-0.15, -0.1) is 0 Å². The van der Waals surface area contributed by atoms with E-state index in [9.17, 15) is 4.39 Å². The average molecular weight is 283 g/mol. The third-order valence-corrected chi connectivity index (χ3v) is 3.92. The third kappa shape index (κ3) is 1.99. The number of rotatable bonds is 2. The Morgan fingerprint density at radius 1 is 1.14 bits per heavy atom. The van der Waals surface area contributed by atoms with Gasteiger partial charge in [0.1, 0.15) is 23.7 Å². The van der Waals surface area contributed by atoms with E-state index in [1.54, 1.807) is 12.1 Å². The zero-order valence-corrected chi connectivity index (χ0v) is 11.3. The van der Waals surface area contributed by atoms with Crippen molar-refractivity contribution in [2.75, 3.05) is 0 Å². The van der Waals surface area contributed by atoms with E-state index >= 15 is 0 Å². The van der Waals surface area contributed by atoms with E-state index in [0.29, 0.717) is 5.76 Å². The van der Waals surface area contributed by atoms with E-state index in [0.717, 1.165) is 23.1 Å². The highest BCUT2D eigenvalue weighted by Gasteiger charge is 2.31. The van der Waals surface area contributed by atoms with E-state index in [4.69, 9.17) is 14.9 Å². The molecule has 2 atom stereocenters. The van der Waals surface area contributed by atoms with Gasteiger partial charge in [-0.05, 0) is 23.8 Å². The number of hydrogen-bond donors (Lipinski definition) is 1. The van der Waals surface area contributed by atoms with Crippen LogP contribution in [0.4, 0.5) is 4.39 Å². The van der Waals surface area contributed by atoms with Crippen molar-refractivity contribution in [2.24, 2.45) is 5.73 Å². The number of benzene rings is 2. The molecule has 2 unspecified atom stereocenters. The van der Waals surface area contributed by atoms with Crippen molar-refractivity contribution in [3.8, 4) is 5.75 Å². The minimum atomic E-state index is -0.427. The Bertz CT molecular complexity index is 786. The Morgan fingerprint density at radius 3 is 2.81 bits per heavy atom. The fourth-order valence-electron chi connectivity index (χ4n) is 2.80. The minimum absolute atomic E-state index is 0.189. The summed E-state index contributed by atoms with van der Waals surface area (Å²) in [6.45, 7) is 0. The van der Waals surface area contributed by atoms with Gasteiger partial charge >= 0.3 is 0 Å². The Morgan fingerprint density at radius 2 is 2.00 bits per heavy atom. The lowest BCUT2D eigenvalue weighted by atomic mass is 10.0. The highest BCUT2D eigenvalue weighted by molar-refractivity contribution is 5.78. The Hall–Kier alpha value is -2.33. The van der Waals surface area contributed by atoms with Crippen LogP contribution in [0, 0.1) is 5.82 Å². The lowest BCUT2D eigenvalue weighted by molar-refractivity contribution is 0.188. The number of hydrogen-bond acceptors (Lipinski definition) is 3. The van der Waals surface area contributed by atoms with Crippen LogP contribution in [-0.2, 0) is 6.42 Å². The lowest BCUT2D eigenvalue weighted by Gasteiger charge is -2.16. The molecule has 0 saturated carbocycles. The van der Waals surface area contributed by atoms with Crippen molar-refractivity contribution < 1.29 is 13.5 Å². The van der Waals surface area contributed by atoms with Crippen molar-refractivity contribution in [2.45, 2.75) is 18.6 Å². The first kappa shape index (κ1) is 12.4. The Labute approximate surface area is 121 Å². The molecule has 3 nitrogen and oxygen atoms in total. The Balaban J connectivity index is 1.66. The van der Waals surface area contributed by atoms with Gasteiger partial charge in [0.2, 0.25) is 0 Å². The molecule has 2 heterocycles. The molecule has 2 aromatic carbocycles. The number of nitrogens with two attached hydrogens (primary N) is 1. The van der Waals surface area contributed by atoms with Gasteiger partial charge in [-0.3, -0.25) is 0 Å². The molecule has 0 radical (unpaired) electrons. The molecule has 3 aromatic rings. The van der Waals surface area contributed by atoms with Crippen LogP contribution in [0.25, 0.3) is 11.0 Å². The molecule has 21 heavy (non-hydrogen) atoms. The van der Waals surface area contributed by atoms with E-state index < -0.39 is 6.04 Å². The van der Waals surface area contributed by atoms with Gasteiger partial charge in [0.25, 0.3) is 0 Å². The summed E-state index contributed by atoms with van der Waals surface area (Å²) in [5.41, 5.74) is 7.64. The zero-order valence-electron chi connectivity index (χ0n) is 11.3. The zero-order chi connectivity index (χ0) is 14.4. The first-order valence-electron chi connectivity index (χ1n) is 6.90. The number of para-hydroxylation sites is 2. The van der Waals surface area contributed by atoms with Gasteiger partial charge < -0.3 is 14.9 Å². The maximum absolute atomic E-state index is 13.7. The van der Waals surface area contributed by atoms with Crippen molar-refractivity contribution in [1.29, 1.82) is 0 Å². The minimum Gasteiger partial charge on any atom is -0.488 e. The van der Waals surface area contributed by atoms with Gasteiger partial charge in [0, 0.05) is 11.8 Å². The van der Waals surface area contributed by atoms with Crippen LogP contribution in [-0.4, -0.2) is 6.10 Å². The van der Waals surface area contributed by atoms with E-state index in [2.05, 4.69) is 0 Å². The number of ether oxygens (including phenoxy) is 1. The molecular formula is C17H14FNO2. The molecule has 1 aliphatic heterocycles. The SMILES string of the molecule is NC(c1cc2cccc(F)c2o1)C1Cc2ccccc2O1. The summed E-state index contributed by atoms with van der Waals surface area (Å²) in [5, 5.41) is 0.718. The smallest absolute Gasteiger partial charge is 0.169 e. The monoisotopic (exact) mass is 283 g/mol. The highest BCUT2D eigenvalue weighted by Crippen LogP contribution is 2.34. The first-order valence-corrected chi connectivity index (χ1v) is 6.90. The number of furan rings is 1. The molecule has 0 saturated heterocycles. The van der Waals surface area contributed by atoms with Crippen molar-refractivity contribution in [3.63, 3.8) is 0 Å². The van der Waals surface area contributed by atoms with Crippen molar-refractivity contribution >= 4 is 11.0 Å². The molecule has 1 aromatic heterocycles. The number of fused-ring (bicyclic) bond motifs is 2. The van der Waals surface area contributed by atoms with Gasteiger partial charge in [-0.2, -0.15) is 0 Å². The summed E-state index contributed by atoms with van der Waals surface area (Å²) in [5.74, 6) is 1.04. The van der Waals surface area contributed by atoms with Crippen LogP contribution in [0.15, 0.2) is 52.9 Å². The fourth-order valence-corrected chi connectivity index (χ4v) is 2.80. The van der Waals surface area contributed by atoms with Crippen LogP contribution in [0.5, 0.6) is 5.75 Å². The van der Waals surface area contributed by atoms with Crippen molar-refractivity contribution in [1.82, 2.24) is 0 Å². The van der Waals surface area contributed by atoms with Gasteiger partial charge in [0.05, 0.1) is 0 Å². The first-order chi connectivity index (χ1) is 10.2. The van der Waals surface area contributed by atoms with E-state index in [-0.39, 0.29) is 17.5 Å². The van der Waals surface area contributed by atoms with Crippen LogP contribution in [0.2, 0.25) is 0 Å². The number of halogens is 1. The molecule has 0 aliphatic carbocycles. The molecule has 106 valence electrons. The molecule has 0 bridgehead atoms. The molecule has 0 spiro atoms. The Kier molecular flexibility index (Phi) is 2.72. The summed E-state index contributed by atoms with van der Waals surface area (Å²) in [4.78, 5) is 0. The third-order valence-electron chi connectivity index (χ3n) is 3.92. The molecule has 0 amide bonds. The van der Waals surface area contributed by atoms with Crippen LogP contribution in [0.1, 0.15) is 17.4 Å². The summed E-state index contributed by atoms with van der Waals surface area (Å²) in [6, 6.07) is 14.1. The van der Waals surface area contributed by atoms with Crippen LogP contribution in [0.3, 0.4) is 0 Å². The predicted molar refractivity (Wildman–Crippen MR) is 77.7 cm³/mol. The largest absolute Gasteiger partial charge is 0.488 e. The second kappa shape index (κ2) is 4.60. The van der Waals surface area contributed by atoms with E-state index in [1.807, 2.05) is 30.3 Å². The maximum Gasteiger partial charge on any atom is 0.169 e. The van der Waals surface area contributed by atoms with Crippen LogP contribution >= 0.6 is 0 Å². The molecule has 0 fully saturated rings. The normalized spacial score (nSPS) is 18.5. The van der Waals surface area contributed by atoms with Crippen LogP contribution < -0.4 is 10.5 Å². The maximum atomic E-state index is 13.7. The second-order valence-corrected chi connectivity index (χ2v) is 5.30. The average Bonchev–Trinajstić information content (AvgIpc) is 3.11. The highest BCUT2D eigenvalue weighted by atomic mass is 19.1. The molecule has 2 N–H and O–H groups in total. The molecule has 4 heteroatoms. The molecular weight excluding hydrogens is 269 g/mol. The summed E-state index contributed by atoms with van der Waals surface area (Å²) >= 11 is 0. The fraction of sp³-hybridized carbons (Fsp3) is 0.176. The summed E-state index contributed by atoms with van der Waals surface area (Å²) in [7, 11) is 0. The molecule has 1 aliphatic rings. The van der Waals surface area contributed by atoms with Gasteiger partial charge in [-0.25, -0.2) is 4.39 Å². The molecule has 4 rings (SSSR count). The summed E-state index contributed by atoms with van der Waals surface area (Å²) in [6.07, 6.45) is 0.544. The quantitative estimate of drug-likeness (QED) is 0.782. The predicted octanol–water partition coefficient (Wildman–Crippen LogP) is 3.58. The lowest BCUT2D eigenvalue weighted by Crippen LogP contribution is -2.29. The van der Waals surface area contributed by atoms with Gasteiger partial charge in [-0.1, -0.05) is 30.3 Å².